The predicted molar refractivity (Wildman–Crippen MR) is 87.9 cm³/mol. The lowest BCUT2D eigenvalue weighted by molar-refractivity contribution is 0.0579. The van der Waals surface area contributed by atoms with E-state index in [-0.39, 0.29) is 18.1 Å². The van der Waals surface area contributed by atoms with E-state index in [1.54, 1.807) is 33.9 Å². The van der Waals surface area contributed by atoms with Crippen molar-refractivity contribution in [2.75, 3.05) is 14.2 Å². The van der Waals surface area contributed by atoms with Gasteiger partial charge in [-0.1, -0.05) is 0 Å². The highest BCUT2D eigenvalue weighted by molar-refractivity contribution is 5.87. The van der Waals surface area contributed by atoms with E-state index in [9.17, 15) is 9.59 Å². The van der Waals surface area contributed by atoms with Gasteiger partial charge in [0.25, 0.3) is 0 Å². The normalized spacial score (nSPS) is 10.3. The highest BCUT2D eigenvalue weighted by atomic mass is 16.5. The van der Waals surface area contributed by atoms with Crippen LogP contribution in [0, 0.1) is 0 Å². The van der Waals surface area contributed by atoms with Gasteiger partial charge in [-0.25, -0.2) is 9.59 Å². The number of carbonyl (C=O) groups is 2. The van der Waals surface area contributed by atoms with Gasteiger partial charge in [-0.2, -0.15) is 10.2 Å². The number of rotatable bonds is 4. The number of esters is 2. The number of hydrogen-bond acceptors (Lipinski definition) is 6. The van der Waals surface area contributed by atoms with Crippen LogP contribution in [0.4, 0.5) is 0 Å². The molecule has 0 radical (unpaired) electrons. The number of aromatic nitrogens is 4. The summed E-state index contributed by atoms with van der Waals surface area (Å²) in [5, 5.41) is 8.02. The van der Waals surface area contributed by atoms with Crippen LogP contribution < -0.4 is 0 Å². The molecule has 0 spiro atoms. The Morgan fingerprint density at radius 2 is 1.62 bits per heavy atom. The average Bonchev–Trinajstić information content (AvgIpc) is 3.22. The van der Waals surface area contributed by atoms with Gasteiger partial charge in [0.1, 0.15) is 5.69 Å². The zero-order valence-corrected chi connectivity index (χ0v) is 14.9. The molecule has 0 aromatic carbocycles. The van der Waals surface area contributed by atoms with Gasteiger partial charge < -0.3 is 9.47 Å². The summed E-state index contributed by atoms with van der Waals surface area (Å²) >= 11 is 0. The molecule has 2 aromatic rings. The summed E-state index contributed by atoms with van der Waals surface area (Å²) in [6.45, 7) is 7.90. The van der Waals surface area contributed by atoms with E-state index in [4.69, 9.17) is 0 Å². The third-order valence-electron chi connectivity index (χ3n) is 3.09. The topological polar surface area (TPSA) is 88.2 Å². The van der Waals surface area contributed by atoms with Gasteiger partial charge in [0.05, 0.1) is 14.2 Å². The molecule has 0 aliphatic heterocycles. The fourth-order valence-electron chi connectivity index (χ4n) is 1.83. The van der Waals surface area contributed by atoms with Crippen molar-refractivity contribution < 1.29 is 19.1 Å². The summed E-state index contributed by atoms with van der Waals surface area (Å²) in [6.07, 6.45) is 3.35. The fraction of sp³-hybridized carbons (Fsp3) is 0.500. The standard InChI is InChI=1S/2C8H12N2O2/c1-6(2)10-5-4-7(9-10)8(11)12-3;1-6(2)10-7(4-5-9-10)8(11)12-3/h2*4-6H,1-3H3. The lowest BCUT2D eigenvalue weighted by atomic mass is 10.3. The van der Waals surface area contributed by atoms with Crippen LogP contribution in [0.15, 0.2) is 24.5 Å². The highest BCUT2D eigenvalue weighted by Crippen LogP contribution is 2.08. The first-order chi connectivity index (χ1) is 11.3. The first-order valence-electron chi connectivity index (χ1n) is 7.57. The molecule has 2 rings (SSSR count). The monoisotopic (exact) mass is 336 g/mol. The molecular weight excluding hydrogens is 312 g/mol. The number of ether oxygens (including phenoxy) is 2. The van der Waals surface area contributed by atoms with E-state index in [0.717, 1.165) is 0 Å². The molecule has 2 aromatic heterocycles. The lowest BCUT2D eigenvalue weighted by Gasteiger charge is -2.08. The van der Waals surface area contributed by atoms with Crippen LogP contribution in [-0.2, 0) is 9.47 Å². The molecular formula is C16H24N4O4. The maximum Gasteiger partial charge on any atom is 0.358 e. The Morgan fingerprint density at radius 1 is 1.00 bits per heavy atom. The lowest BCUT2D eigenvalue weighted by Crippen LogP contribution is -2.13. The van der Waals surface area contributed by atoms with Gasteiger partial charge in [0.15, 0.2) is 5.69 Å². The number of carbonyl (C=O) groups excluding carboxylic acids is 2. The van der Waals surface area contributed by atoms with Crippen molar-refractivity contribution >= 4 is 11.9 Å². The summed E-state index contributed by atoms with van der Waals surface area (Å²) in [6, 6.07) is 3.73. The second-order valence-electron chi connectivity index (χ2n) is 5.51. The molecule has 0 aliphatic rings. The van der Waals surface area contributed by atoms with E-state index in [1.165, 1.54) is 14.2 Å². The van der Waals surface area contributed by atoms with Crippen LogP contribution in [0.1, 0.15) is 60.8 Å². The maximum absolute atomic E-state index is 11.1. The van der Waals surface area contributed by atoms with Crippen molar-refractivity contribution in [1.29, 1.82) is 0 Å². The van der Waals surface area contributed by atoms with E-state index in [1.807, 2.05) is 27.7 Å². The average molecular weight is 336 g/mol. The number of nitrogens with zero attached hydrogens (tertiary/aromatic N) is 4. The molecule has 0 saturated heterocycles. The van der Waals surface area contributed by atoms with Gasteiger partial charge in [-0.3, -0.25) is 9.36 Å². The van der Waals surface area contributed by atoms with Crippen molar-refractivity contribution in [3.8, 4) is 0 Å². The smallest absolute Gasteiger partial charge is 0.358 e. The molecule has 8 nitrogen and oxygen atoms in total. The fourth-order valence-corrected chi connectivity index (χ4v) is 1.83. The Kier molecular flexibility index (Phi) is 7.16. The molecule has 24 heavy (non-hydrogen) atoms. The molecule has 132 valence electrons. The zero-order chi connectivity index (χ0) is 18.3. The third-order valence-corrected chi connectivity index (χ3v) is 3.09. The van der Waals surface area contributed by atoms with E-state index < -0.39 is 5.97 Å². The molecule has 0 N–H and O–H groups in total. The van der Waals surface area contributed by atoms with Gasteiger partial charge in [0, 0.05) is 24.5 Å². The van der Waals surface area contributed by atoms with Gasteiger partial charge in [0.2, 0.25) is 0 Å². The van der Waals surface area contributed by atoms with Gasteiger partial charge >= 0.3 is 11.9 Å². The Balaban J connectivity index is 0.000000240. The quantitative estimate of drug-likeness (QED) is 0.797. The summed E-state index contributed by atoms with van der Waals surface area (Å²) in [4.78, 5) is 22.1. The molecule has 0 saturated carbocycles. The molecule has 0 fully saturated rings. The van der Waals surface area contributed by atoms with E-state index in [0.29, 0.717) is 11.4 Å². The third kappa shape index (κ3) is 4.94. The van der Waals surface area contributed by atoms with Crippen LogP contribution in [0.5, 0.6) is 0 Å². The molecule has 0 atom stereocenters. The first kappa shape index (κ1) is 19.4. The Labute approximate surface area is 141 Å². The minimum atomic E-state index is -0.394. The first-order valence-corrected chi connectivity index (χ1v) is 7.57. The van der Waals surface area contributed by atoms with Gasteiger partial charge in [-0.05, 0) is 39.8 Å². The van der Waals surface area contributed by atoms with Crippen molar-refractivity contribution in [2.45, 2.75) is 39.8 Å². The second kappa shape index (κ2) is 8.85. The summed E-state index contributed by atoms with van der Waals surface area (Å²) in [5.74, 6) is -0.740. The Hall–Kier alpha value is -2.64. The zero-order valence-electron chi connectivity index (χ0n) is 14.9. The second-order valence-corrected chi connectivity index (χ2v) is 5.51. The van der Waals surface area contributed by atoms with E-state index >= 15 is 0 Å². The van der Waals surface area contributed by atoms with Crippen molar-refractivity contribution in [3.05, 3.63) is 35.9 Å². The van der Waals surface area contributed by atoms with Crippen molar-refractivity contribution in [3.63, 3.8) is 0 Å². The Morgan fingerprint density at radius 3 is 2.08 bits per heavy atom. The summed E-state index contributed by atoms with van der Waals surface area (Å²) < 4.78 is 12.4. The predicted octanol–water partition coefficient (Wildman–Crippen LogP) is 2.50. The maximum atomic E-state index is 11.1. The van der Waals surface area contributed by atoms with Gasteiger partial charge in [-0.15, -0.1) is 0 Å². The molecule has 8 heteroatoms. The van der Waals surface area contributed by atoms with Crippen molar-refractivity contribution in [2.24, 2.45) is 0 Å². The molecule has 0 aliphatic carbocycles. The minimum Gasteiger partial charge on any atom is -0.464 e. The van der Waals surface area contributed by atoms with E-state index in [2.05, 4.69) is 19.7 Å². The largest absolute Gasteiger partial charge is 0.464 e. The Bertz CT molecular complexity index is 673. The molecule has 0 unspecified atom stereocenters. The molecule has 0 amide bonds. The molecule has 0 bridgehead atoms. The summed E-state index contributed by atoms with van der Waals surface area (Å²) in [5.41, 5.74) is 0.846. The van der Waals surface area contributed by atoms with Crippen LogP contribution in [0.25, 0.3) is 0 Å². The van der Waals surface area contributed by atoms with Crippen LogP contribution in [0.3, 0.4) is 0 Å². The summed E-state index contributed by atoms with van der Waals surface area (Å²) in [7, 11) is 2.71. The number of hydrogen-bond donors (Lipinski definition) is 0. The van der Waals surface area contributed by atoms with Crippen LogP contribution >= 0.6 is 0 Å². The SMILES string of the molecule is COC(=O)c1ccn(C(C)C)n1.COC(=O)c1ccnn1C(C)C. The highest BCUT2D eigenvalue weighted by Gasteiger charge is 2.13. The molecule has 2 heterocycles. The van der Waals surface area contributed by atoms with Crippen LogP contribution in [-0.4, -0.2) is 45.7 Å². The number of methoxy groups -OCH3 is 2. The van der Waals surface area contributed by atoms with Crippen molar-refractivity contribution in [1.82, 2.24) is 19.6 Å². The van der Waals surface area contributed by atoms with Crippen LogP contribution in [0.2, 0.25) is 0 Å². The minimum absolute atomic E-state index is 0.175.